The van der Waals surface area contributed by atoms with Gasteiger partial charge in [-0.1, -0.05) is 19.1 Å². The molecule has 0 bridgehead atoms. The third-order valence-corrected chi connectivity index (χ3v) is 2.20. The van der Waals surface area contributed by atoms with Crippen LogP contribution in [0.2, 0.25) is 0 Å². The van der Waals surface area contributed by atoms with Crippen molar-refractivity contribution in [3.05, 3.63) is 11.9 Å². The Hall–Kier alpha value is -1.39. The first kappa shape index (κ1) is 10.7. The molecule has 1 rings (SSSR count). The van der Waals surface area contributed by atoms with Gasteiger partial charge in [0.15, 0.2) is 0 Å². The van der Waals surface area contributed by atoms with E-state index in [0.29, 0.717) is 13.0 Å². The first-order valence-electron chi connectivity index (χ1n) is 4.79. The lowest BCUT2D eigenvalue weighted by atomic mass is 10.1. The van der Waals surface area contributed by atoms with Gasteiger partial charge in [-0.3, -0.25) is 9.48 Å². The average molecular weight is 197 g/mol. The highest BCUT2D eigenvalue weighted by atomic mass is 16.4. The van der Waals surface area contributed by atoms with Crippen LogP contribution < -0.4 is 0 Å². The first-order valence-corrected chi connectivity index (χ1v) is 4.79. The summed E-state index contributed by atoms with van der Waals surface area (Å²) in [5, 5.41) is 16.6. The van der Waals surface area contributed by atoms with E-state index in [1.165, 1.54) is 0 Å². The van der Waals surface area contributed by atoms with Gasteiger partial charge < -0.3 is 5.11 Å². The minimum Gasteiger partial charge on any atom is -0.481 e. The Morgan fingerprint density at radius 1 is 1.64 bits per heavy atom. The molecule has 0 fully saturated rings. The molecule has 1 aromatic rings. The second kappa shape index (κ2) is 4.74. The predicted octanol–water partition coefficient (Wildman–Crippen LogP) is 0.951. The van der Waals surface area contributed by atoms with Crippen LogP contribution in [0.3, 0.4) is 0 Å². The molecule has 0 aliphatic heterocycles. The molecule has 1 heterocycles. The zero-order valence-corrected chi connectivity index (χ0v) is 8.47. The van der Waals surface area contributed by atoms with E-state index < -0.39 is 5.97 Å². The number of aromatic nitrogens is 3. The van der Waals surface area contributed by atoms with Crippen LogP contribution in [0, 0.1) is 5.92 Å². The zero-order valence-electron chi connectivity index (χ0n) is 8.47. The quantitative estimate of drug-likeness (QED) is 0.763. The van der Waals surface area contributed by atoms with E-state index in [9.17, 15) is 4.79 Å². The summed E-state index contributed by atoms with van der Waals surface area (Å²) in [7, 11) is 0. The summed E-state index contributed by atoms with van der Waals surface area (Å²) in [5.41, 5.74) is 0.894. The molecule has 0 aliphatic carbocycles. The summed E-state index contributed by atoms with van der Waals surface area (Å²) in [6.07, 6.45) is 3.23. The highest BCUT2D eigenvalue weighted by molar-refractivity contribution is 5.69. The maximum absolute atomic E-state index is 10.7. The van der Waals surface area contributed by atoms with Crippen LogP contribution in [0.25, 0.3) is 0 Å². The summed E-state index contributed by atoms with van der Waals surface area (Å²) >= 11 is 0. The van der Waals surface area contributed by atoms with Crippen molar-refractivity contribution >= 4 is 5.97 Å². The summed E-state index contributed by atoms with van der Waals surface area (Å²) < 4.78 is 1.60. The molecule has 1 N–H and O–H groups in total. The number of carboxylic acids is 1. The minimum atomic E-state index is -0.777. The van der Waals surface area contributed by atoms with Crippen LogP contribution in [0.5, 0.6) is 0 Å². The van der Waals surface area contributed by atoms with E-state index in [4.69, 9.17) is 5.11 Å². The summed E-state index contributed by atoms with van der Waals surface area (Å²) in [5.74, 6) is -1.15. The maximum atomic E-state index is 10.7. The number of aliphatic carboxylic acids is 1. The standard InChI is InChI=1S/C9H15N3O2/c1-3-7(9(13)14)5-12-6-8(4-2)10-11-12/h6-7H,3-5H2,1-2H3,(H,13,14). The van der Waals surface area contributed by atoms with Gasteiger partial charge in [-0.05, 0) is 12.8 Å². The topological polar surface area (TPSA) is 68.0 Å². The lowest BCUT2D eigenvalue weighted by molar-refractivity contribution is -0.142. The van der Waals surface area contributed by atoms with E-state index in [-0.39, 0.29) is 5.92 Å². The van der Waals surface area contributed by atoms with E-state index in [0.717, 1.165) is 12.1 Å². The van der Waals surface area contributed by atoms with Crippen molar-refractivity contribution in [2.45, 2.75) is 33.2 Å². The number of rotatable bonds is 5. The molecule has 0 saturated carbocycles. The van der Waals surface area contributed by atoms with Gasteiger partial charge in [0.05, 0.1) is 18.2 Å². The second-order valence-electron chi connectivity index (χ2n) is 3.23. The molecule has 1 atom stereocenters. The number of hydrogen-bond acceptors (Lipinski definition) is 3. The molecule has 0 radical (unpaired) electrons. The van der Waals surface area contributed by atoms with Crippen molar-refractivity contribution in [1.82, 2.24) is 15.0 Å². The molecular weight excluding hydrogens is 182 g/mol. The van der Waals surface area contributed by atoms with Gasteiger partial charge in [0.2, 0.25) is 0 Å². The number of carboxylic acid groups (broad SMARTS) is 1. The van der Waals surface area contributed by atoms with E-state index in [1.54, 1.807) is 10.9 Å². The Morgan fingerprint density at radius 3 is 2.79 bits per heavy atom. The van der Waals surface area contributed by atoms with Crippen LogP contribution in [-0.2, 0) is 17.8 Å². The van der Waals surface area contributed by atoms with Gasteiger partial charge in [0.1, 0.15) is 0 Å². The van der Waals surface area contributed by atoms with Gasteiger partial charge in [-0.2, -0.15) is 0 Å². The van der Waals surface area contributed by atoms with E-state index >= 15 is 0 Å². The fourth-order valence-corrected chi connectivity index (χ4v) is 1.20. The van der Waals surface area contributed by atoms with Crippen LogP contribution in [0.15, 0.2) is 6.20 Å². The van der Waals surface area contributed by atoms with Crippen molar-refractivity contribution in [2.75, 3.05) is 0 Å². The molecule has 78 valence electrons. The Morgan fingerprint density at radius 2 is 2.36 bits per heavy atom. The van der Waals surface area contributed by atoms with Gasteiger partial charge in [-0.15, -0.1) is 5.10 Å². The normalized spacial score (nSPS) is 12.7. The van der Waals surface area contributed by atoms with Crippen LogP contribution in [0.1, 0.15) is 26.0 Å². The Balaban J connectivity index is 2.62. The van der Waals surface area contributed by atoms with Gasteiger partial charge in [0.25, 0.3) is 0 Å². The molecular formula is C9H15N3O2. The van der Waals surface area contributed by atoms with Gasteiger partial charge in [-0.25, -0.2) is 0 Å². The van der Waals surface area contributed by atoms with Gasteiger partial charge in [0, 0.05) is 6.20 Å². The molecule has 5 heteroatoms. The maximum Gasteiger partial charge on any atom is 0.308 e. The van der Waals surface area contributed by atoms with Crippen LogP contribution in [-0.4, -0.2) is 26.1 Å². The van der Waals surface area contributed by atoms with Gasteiger partial charge >= 0.3 is 5.97 Å². The minimum absolute atomic E-state index is 0.374. The van der Waals surface area contributed by atoms with Crippen LogP contribution in [0.4, 0.5) is 0 Å². The molecule has 5 nitrogen and oxygen atoms in total. The Bertz CT molecular complexity index is 309. The molecule has 0 aliphatic rings. The average Bonchev–Trinajstić information content (AvgIpc) is 2.61. The number of aryl methyl sites for hydroxylation is 1. The zero-order chi connectivity index (χ0) is 10.6. The predicted molar refractivity (Wildman–Crippen MR) is 50.8 cm³/mol. The van der Waals surface area contributed by atoms with Crippen molar-refractivity contribution in [2.24, 2.45) is 5.92 Å². The molecule has 1 aromatic heterocycles. The lowest BCUT2D eigenvalue weighted by Gasteiger charge is -2.07. The molecule has 1 unspecified atom stereocenters. The monoisotopic (exact) mass is 197 g/mol. The number of nitrogens with zero attached hydrogens (tertiary/aromatic N) is 3. The number of hydrogen-bond donors (Lipinski definition) is 1. The summed E-state index contributed by atoms with van der Waals surface area (Å²) in [6, 6.07) is 0. The molecule has 14 heavy (non-hydrogen) atoms. The van der Waals surface area contributed by atoms with E-state index in [2.05, 4.69) is 10.3 Å². The third kappa shape index (κ3) is 2.55. The first-order chi connectivity index (χ1) is 6.67. The molecule has 0 saturated heterocycles. The molecule has 0 amide bonds. The Kier molecular flexibility index (Phi) is 3.62. The van der Waals surface area contributed by atoms with Crippen molar-refractivity contribution in [3.8, 4) is 0 Å². The highest BCUT2D eigenvalue weighted by Gasteiger charge is 2.16. The SMILES string of the molecule is CCc1cn(CC(CC)C(=O)O)nn1. The van der Waals surface area contributed by atoms with Crippen LogP contribution >= 0.6 is 0 Å². The summed E-state index contributed by atoms with van der Waals surface area (Å²) in [6.45, 7) is 4.25. The Labute approximate surface area is 82.7 Å². The van der Waals surface area contributed by atoms with Crippen molar-refractivity contribution in [1.29, 1.82) is 0 Å². The fraction of sp³-hybridized carbons (Fsp3) is 0.667. The van der Waals surface area contributed by atoms with Crippen molar-refractivity contribution < 1.29 is 9.90 Å². The second-order valence-corrected chi connectivity index (χ2v) is 3.23. The van der Waals surface area contributed by atoms with Crippen molar-refractivity contribution in [3.63, 3.8) is 0 Å². The van der Waals surface area contributed by atoms with E-state index in [1.807, 2.05) is 13.8 Å². The summed E-state index contributed by atoms with van der Waals surface area (Å²) in [4.78, 5) is 10.7. The molecule has 0 aromatic carbocycles. The molecule has 0 spiro atoms. The number of carbonyl (C=O) groups is 1. The fourth-order valence-electron chi connectivity index (χ4n) is 1.20. The third-order valence-electron chi connectivity index (χ3n) is 2.20. The smallest absolute Gasteiger partial charge is 0.308 e. The highest BCUT2D eigenvalue weighted by Crippen LogP contribution is 2.06. The largest absolute Gasteiger partial charge is 0.481 e. The lowest BCUT2D eigenvalue weighted by Crippen LogP contribution is -2.19.